The molecule has 0 spiro atoms. The molecule has 1 aromatic carbocycles. The second kappa shape index (κ2) is 4.10. The van der Waals surface area contributed by atoms with Crippen molar-refractivity contribution in [3.05, 3.63) is 47.5 Å². The van der Waals surface area contributed by atoms with Crippen LogP contribution in [0.25, 0.3) is 0 Å². The van der Waals surface area contributed by atoms with Crippen LogP contribution in [0.2, 0.25) is 0 Å². The third-order valence-electron chi connectivity index (χ3n) is 2.20. The lowest BCUT2D eigenvalue weighted by Gasteiger charge is -2.08. The fourth-order valence-electron chi connectivity index (χ4n) is 1.55. The van der Waals surface area contributed by atoms with Crippen molar-refractivity contribution < 1.29 is 0 Å². The summed E-state index contributed by atoms with van der Waals surface area (Å²) in [6.45, 7) is 8.05. The minimum Gasteiger partial charge on any atom is -0.0905 e. The predicted molar refractivity (Wildman–Crippen MR) is 53.2 cm³/mol. The fourth-order valence-corrected chi connectivity index (χ4v) is 1.55. The van der Waals surface area contributed by atoms with Gasteiger partial charge in [0.15, 0.2) is 0 Å². The molecular weight excluding hydrogens is 144 g/mol. The van der Waals surface area contributed by atoms with E-state index in [1.54, 1.807) is 0 Å². The second-order valence-corrected chi connectivity index (χ2v) is 2.83. The van der Waals surface area contributed by atoms with Crippen LogP contribution in [-0.2, 0) is 12.8 Å². The zero-order valence-corrected chi connectivity index (χ0v) is 7.85. The van der Waals surface area contributed by atoms with Crippen molar-refractivity contribution in [2.45, 2.75) is 26.7 Å². The van der Waals surface area contributed by atoms with Gasteiger partial charge in [0, 0.05) is 0 Å². The highest BCUT2D eigenvalue weighted by Crippen LogP contribution is 2.15. The molecule has 0 aliphatic carbocycles. The SMILES string of the molecule is C=[C]c1cccc(CC)c1CC. The maximum atomic E-state index is 3.69. The Morgan fingerprint density at radius 1 is 1.25 bits per heavy atom. The largest absolute Gasteiger partial charge is 0.0905 e. The third kappa shape index (κ3) is 1.58. The van der Waals surface area contributed by atoms with E-state index in [0.29, 0.717) is 0 Å². The molecule has 1 rings (SSSR count). The van der Waals surface area contributed by atoms with Crippen molar-refractivity contribution in [1.82, 2.24) is 0 Å². The van der Waals surface area contributed by atoms with Crippen LogP contribution in [-0.4, -0.2) is 0 Å². The standard InChI is InChI=1S/C12H15/c1-4-10-8-7-9-11(5-2)12(10)6-3/h7-9H,1,5-6H2,2-3H3. The first-order valence-electron chi connectivity index (χ1n) is 4.47. The number of aryl methyl sites for hydroxylation is 1. The average molecular weight is 159 g/mol. The van der Waals surface area contributed by atoms with Crippen molar-refractivity contribution in [2.75, 3.05) is 0 Å². The Bertz CT molecular complexity index is 271. The van der Waals surface area contributed by atoms with Gasteiger partial charge in [0.05, 0.1) is 0 Å². The van der Waals surface area contributed by atoms with Crippen LogP contribution in [0, 0.1) is 6.08 Å². The summed E-state index contributed by atoms with van der Waals surface area (Å²) in [6.07, 6.45) is 5.14. The summed E-state index contributed by atoms with van der Waals surface area (Å²) >= 11 is 0. The molecule has 1 aromatic rings. The summed E-state index contributed by atoms with van der Waals surface area (Å²) in [5.74, 6) is 0. The highest BCUT2D eigenvalue weighted by atomic mass is 14.1. The molecule has 0 N–H and O–H groups in total. The first-order valence-corrected chi connectivity index (χ1v) is 4.47. The maximum Gasteiger partial charge on any atom is -0.0149 e. The first-order chi connectivity index (χ1) is 5.83. The summed E-state index contributed by atoms with van der Waals surface area (Å²) < 4.78 is 0. The van der Waals surface area contributed by atoms with E-state index in [1.807, 2.05) is 0 Å². The van der Waals surface area contributed by atoms with Gasteiger partial charge in [-0.1, -0.05) is 38.6 Å². The summed E-state index contributed by atoms with van der Waals surface area (Å²) in [7, 11) is 0. The highest BCUT2D eigenvalue weighted by molar-refractivity contribution is 5.38. The summed E-state index contributed by atoms with van der Waals surface area (Å²) in [5, 5.41) is 0. The lowest BCUT2D eigenvalue weighted by molar-refractivity contribution is 1.03. The van der Waals surface area contributed by atoms with Gasteiger partial charge in [-0.15, -0.1) is 0 Å². The Balaban J connectivity index is 3.21. The van der Waals surface area contributed by atoms with Gasteiger partial charge in [0.25, 0.3) is 0 Å². The molecule has 0 aromatic heterocycles. The maximum absolute atomic E-state index is 3.69. The molecule has 1 radical (unpaired) electrons. The lowest BCUT2D eigenvalue weighted by Crippen LogP contribution is -1.94. The number of hydrogen-bond acceptors (Lipinski definition) is 0. The van der Waals surface area contributed by atoms with E-state index in [9.17, 15) is 0 Å². The first kappa shape index (κ1) is 9.05. The van der Waals surface area contributed by atoms with Crippen molar-refractivity contribution in [2.24, 2.45) is 0 Å². The van der Waals surface area contributed by atoms with Gasteiger partial charge in [0.1, 0.15) is 0 Å². The average Bonchev–Trinajstić information content (AvgIpc) is 2.16. The van der Waals surface area contributed by atoms with E-state index in [1.165, 1.54) is 11.1 Å². The molecule has 0 unspecified atom stereocenters. The van der Waals surface area contributed by atoms with Gasteiger partial charge < -0.3 is 0 Å². The van der Waals surface area contributed by atoms with Crippen molar-refractivity contribution in [3.63, 3.8) is 0 Å². The quantitative estimate of drug-likeness (QED) is 0.635. The molecule has 0 aliphatic heterocycles. The number of benzene rings is 1. The Hall–Kier alpha value is -1.04. The molecule has 0 fully saturated rings. The highest BCUT2D eigenvalue weighted by Gasteiger charge is 2.01. The van der Waals surface area contributed by atoms with Gasteiger partial charge >= 0.3 is 0 Å². The van der Waals surface area contributed by atoms with Gasteiger partial charge in [-0.05, 0) is 35.6 Å². The van der Waals surface area contributed by atoms with Gasteiger partial charge in [-0.2, -0.15) is 0 Å². The zero-order chi connectivity index (χ0) is 8.97. The summed E-state index contributed by atoms with van der Waals surface area (Å²) in [6, 6.07) is 6.33. The molecule has 12 heavy (non-hydrogen) atoms. The molecule has 0 aliphatic rings. The van der Waals surface area contributed by atoms with Gasteiger partial charge in [-0.3, -0.25) is 0 Å². The predicted octanol–water partition coefficient (Wildman–Crippen LogP) is 3.15. The van der Waals surface area contributed by atoms with E-state index in [0.717, 1.165) is 18.4 Å². The minimum atomic E-state index is 1.07. The second-order valence-electron chi connectivity index (χ2n) is 2.83. The molecule has 0 bridgehead atoms. The Kier molecular flexibility index (Phi) is 3.09. The number of rotatable bonds is 3. The van der Waals surface area contributed by atoms with E-state index >= 15 is 0 Å². The smallest absolute Gasteiger partial charge is 0.0149 e. The topological polar surface area (TPSA) is 0 Å². The molecule has 0 saturated carbocycles. The molecule has 0 heterocycles. The molecular formula is C12H15. The molecule has 0 atom stereocenters. The third-order valence-corrected chi connectivity index (χ3v) is 2.20. The Morgan fingerprint density at radius 2 is 2.00 bits per heavy atom. The summed E-state index contributed by atoms with van der Waals surface area (Å²) in [4.78, 5) is 0. The van der Waals surface area contributed by atoms with Crippen LogP contribution in [0.15, 0.2) is 24.8 Å². The van der Waals surface area contributed by atoms with Crippen LogP contribution in [0.4, 0.5) is 0 Å². The monoisotopic (exact) mass is 159 g/mol. The van der Waals surface area contributed by atoms with Crippen LogP contribution in [0.3, 0.4) is 0 Å². The van der Waals surface area contributed by atoms with Crippen LogP contribution < -0.4 is 0 Å². The number of hydrogen-bond donors (Lipinski definition) is 0. The lowest BCUT2D eigenvalue weighted by atomic mass is 9.97. The van der Waals surface area contributed by atoms with Gasteiger partial charge in [-0.25, -0.2) is 0 Å². The van der Waals surface area contributed by atoms with E-state index < -0.39 is 0 Å². The van der Waals surface area contributed by atoms with Crippen LogP contribution in [0.5, 0.6) is 0 Å². The van der Waals surface area contributed by atoms with Crippen molar-refractivity contribution in [1.29, 1.82) is 0 Å². The van der Waals surface area contributed by atoms with Crippen molar-refractivity contribution >= 4 is 0 Å². The summed E-state index contributed by atoms with van der Waals surface area (Å²) in [5.41, 5.74) is 3.98. The van der Waals surface area contributed by atoms with Crippen LogP contribution >= 0.6 is 0 Å². The van der Waals surface area contributed by atoms with Crippen LogP contribution in [0.1, 0.15) is 30.5 Å². The zero-order valence-electron chi connectivity index (χ0n) is 7.85. The molecule has 0 nitrogen and oxygen atoms in total. The van der Waals surface area contributed by atoms with Crippen molar-refractivity contribution in [3.8, 4) is 0 Å². The fraction of sp³-hybridized carbons (Fsp3) is 0.333. The van der Waals surface area contributed by atoms with E-state index in [2.05, 4.69) is 44.7 Å². The normalized spacial score (nSPS) is 9.83. The van der Waals surface area contributed by atoms with Gasteiger partial charge in [0.2, 0.25) is 0 Å². The molecule has 63 valence electrons. The Labute approximate surface area is 74.9 Å². The molecule has 0 amide bonds. The van der Waals surface area contributed by atoms with E-state index in [-0.39, 0.29) is 0 Å². The van der Waals surface area contributed by atoms with E-state index in [4.69, 9.17) is 0 Å². The molecule has 0 saturated heterocycles. The molecule has 0 heteroatoms. The Morgan fingerprint density at radius 3 is 2.50 bits per heavy atom. The minimum absolute atomic E-state index is 1.07.